The lowest BCUT2D eigenvalue weighted by Gasteiger charge is -1.96. The fourth-order valence-electron chi connectivity index (χ4n) is 1.68. The summed E-state index contributed by atoms with van der Waals surface area (Å²) in [5.74, 6) is 0.138. The van der Waals surface area contributed by atoms with Crippen molar-refractivity contribution in [3.05, 3.63) is 45.5 Å². The van der Waals surface area contributed by atoms with Crippen molar-refractivity contribution >= 4 is 27.3 Å². The topological polar surface area (TPSA) is 62.7 Å². The summed E-state index contributed by atoms with van der Waals surface area (Å²) in [6, 6.07) is 8.09. The molecule has 3 rings (SSSR count). The molecule has 1 aromatic carbocycles. The zero-order valence-corrected chi connectivity index (χ0v) is 12.2. The molecule has 0 unspecified atom stereocenters. The van der Waals surface area contributed by atoms with Crippen LogP contribution in [0.1, 0.15) is 5.56 Å². The van der Waals surface area contributed by atoms with E-state index < -0.39 is 5.82 Å². The first-order valence-electron chi connectivity index (χ1n) is 5.45. The third kappa shape index (κ3) is 2.35. The number of nitriles is 1. The van der Waals surface area contributed by atoms with Crippen molar-refractivity contribution in [1.82, 2.24) is 10.1 Å². The van der Waals surface area contributed by atoms with Crippen molar-refractivity contribution < 1.29 is 8.91 Å². The predicted octanol–water partition coefficient (Wildman–Crippen LogP) is 4.24. The molecule has 7 heteroatoms. The molecule has 0 saturated heterocycles. The maximum Gasteiger partial charge on any atom is 0.269 e. The lowest BCUT2D eigenvalue weighted by atomic mass is 10.2. The lowest BCUT2D eigenvalue weighted by Crippen LogP contribution is -1.84. The molecule has 4 nitrogen and oxygen atoms in total. The first-order valence-corrected chi connectivity index (χ1v) is 7.13. The summed E-state index contributed by atoms with van der Waals surface area (Å²) in [6.07, 6.45) is 0. The summed E-state index contributed by atoms with van der Waals surface area (Å²) in [4.78, 5) is 4.82. The second-order valence-electron chi connectivity index (χ2n) is 3.86. The number of aromatic nitrogens is 2. The molecular formula is C13H5BrFN3OS. The summed E-state index contributed by atoms with van der Waals surface area (Å²) >= 11 is 4.55. The van der Waals surface area contributed by atoms with E-state index in [0.717, 1.165) is 0 Å². The van der Waals surface area contributed by atoms with Gasteiger partial charge in [-0.25, -0.2) is 4.39 Å². The van der Waals surface area contributed by atoms with Gasteiger partial charge in [-0.3, -0.25) is 0 Å². The molecule has 0 spiro atoms. The average Bonchev–Trinajstić information content (AvgIpc) is 3.06. The Balaban J connectivity index is 2.04. The SMILES string of the molecule is N#Cc1ccsc1-c1nc(-c2cc(F)cc(Br)c2)no1. The maximum atomic E-state index is 13.4. The van der Waals surface area contributed by atoms with Crippen LogP contribution in [0.25, 0.3) is 22.2 Å². The Morgan fingerprint density at radius 3 is 2.95 bits per heavy atom. The Hall–Kier alpha value is -2.04. The highest BCUT2D eigenvalue weighted by atomic mass is 79.9. The standard InChI is InChI=1S/C13H5BrFN3OS/c14-9-3-8(4-10(15)5-9)12-17-13(19-18-12)11-7(6-16)1-2-20-11/h1-5H. The minimum Gasteiger partial charge on any atom is -0.333 e. The number of thiophene rings is 1. The number of nitrogens with zero attached hydrogens (tertiary/aromatic N) is 3. The van der Waals surface area contributed by atoms with Crippen LogP contribution in [0, 0.1) is 17.1 Å². The van der Waals surface area contributed by atoms with E-state index >= 15 is 0 Å². The highest BCUT2D eigenvalue weighted by Crippen LogP contribution is 2.30. The molecule has 0 aliphatic carbocycles. The average molecular weight is 350 g/mol. The van der Waals surface area contributed by atoms with Gasteiger partial charge in [0.25, 0.3) is 5.89 Å². The number of rotatable bonds is 2. The molecular weight excluding hydrogens is 345 g/mol. The minimum atomic E-state index is -0.394. The molecule has 20 heavy (non-hydrogen) atoms. The lowest BCUT2D eigenvalue weighted by molar-refractivity contribution is 0.433. The molecule has 0 fully saturated rings. The zero-order chi connectivity index (χ0) is 14.1. The van der Waals surface area contributed by atoms with Crippen LogP contribution >= 0.6 is 27.3 Å². The molecule has 0 radical (unpaired) electrons. The van der Waals surface area contributed by atoms with Gasteiger partial charge in [0, 0.05) is 10.0 Å². The van der Waals surface area contributed by atoms with E-state index in [1.54, 1.807) is 17.5 Å². The fourth-order valence-corrected chi connectivity index (χ4v) is 2.91. The minimum absolute atomic E-state index is 0.256. The normalized spacial score (nSPS) is 10.4. The van der Waals surface area contributed by atoms with E-state index in [-0.39, 0.29) is 11.7 Å². The molecule has 3 aromatic rings. The van der Waals surface area contributed by atoms with Crippen LogP contribution in [-0.4, -0.2) is 10.1 Å². The number of halogens is 2. The van der Waals surface area contributed by atoms with Crippen LogP contribution in [0.5, 0.6) is 0 Å². The molecule has 0 N–H and O–H groups in total. The van der Waals surface area contributed by atoms with Crippen molar-refractivity contribution in [2.45, 2.75) is 0 Å². The van der Waals surface area contributed by atoms with Crippen LogP contribution in [0.4, 0.5) is 4.39 Å². The third-order valence-corrected chi connectivity index (χ3v) is 3.89. The van der Waals surface area contributed by atoms with E-state index in [4.69, 9.17) is 9.78 Å². The van der Waals surface area contributed by atoms with Gasteiger partial charge < -0.3 is 4.52 Å². The Labute approximate surface area is 125 Å². The Morgan fingerprint density at radius 1 is 1.35 bits per heavy atom. The van der Waals surface area contributed by atoms with Gasteiger partial charge in [-0.05, 0) is 29.6 Å². The molecule has 0 saturated carbocycles. The molecule has 2 aromatic heterocycles. The second kappa shape index (κ2) is 5.15. The van der Waals surface area contributed by atoms with Crippen LogP contribution in [0.15, 0.2) is 38.6 Å². The van der Waals surface area contributed by atoms with Gasteiger partial charge in [-0.1, -0.05) is 21.1 Å². The van der Waals surface area contributed by atoms with Crippen LogP contribution in [0.3, 0.4) is 0 Å². The van der Waals surface area contributed by atoms with Gasteiger partial charge in [-0.2, -0.15) is 10.2 Å². The second-order valence-corrected chi connectivity index (χ2v) is 5.69. The van der Waals surface area contributed by atoms with E-state index in [2.05, 4.69) is 32.1 Å². The van der Waals surface area contributed by atoms with E-state index in [9.17, 15) is 4.39 Å². The largest absolute Gasteiger partial charge is 0.333 e. The monoisotopic (exact) mass is 349 g/mol. The van der Waals surface area contributed by atoms with E-state index in [1.165, 1.54) is 23.5 Å². The van der Waals surface area contributed by atoms with Crippen LogP contribution in [0.2, 0.25) is 0 Å². The van der Waals surface area contributed by atoms with E-state index in [1.807, 2.05) is 0 Å². The Morgan fingerprint density at radius 2 is 2.20 bits per heavy atom. The molecule has 98 valence electrons. The summed E-state index contributed by atoms with van der Waals surface area (Å²) in [7, 11) is 0. The van der Waals surface area contributed by atoms with E-state index in [0.29, 0.717) is 20.5 Å². The predicted molar refractivity (Wildman–Crippen MR) is 75.4 cm³/mol. The summed E-state index contributed by atoms with van der Waals surface area (Å²) < 4.78 is 19.1. The summed E-state index contributed by atoms with van der Waals surface area (Å²) in [6.45, 7) is 0. The van der Waals surface area contributed by atoms with Gasteiger partial charge in [-0.15, -0.1) is 11.3 Å². The zero-order valence-electron chi connectivity index (χ0n) is 9.80. The smallest absolute Gasteiger partial charge is 0.269 e. The summed E-state index contributed by atoms with van der Waals surface area (Å²) in [5, 5.41) is 14.6. The molecule has 0 atom stereocenters. The van der Waals surface area contributed by atoms with Crippen molar-refractivity contribution in [1.29, 1.82) is 5.26 Å². The third-order valence-electron chi connectivity index (χ3n) is 2.53. The number of benzene rings is 1. The molecule has 2 heterocycles. The molecule has 0 bridgehead atoms. The molecule has 0 aliphatic heterocycles. The highest BCUT2D eigenvalue weighted by molar-refractivity contribution is 9.10. The Kier molecular flexibility index (Phi) is 3.34. The van der Waals surface area contributed by atoms with Gasteiger partial charge in [0.2, 0.25) is 5.82 Å². The highest BCUT2D eigenvalue weighted by Gasteiger charge is 2.16. The van der Waals surface area contributed by atoms with Crippen LogP contribution in [-0.2, 0) is 0 Å². The van der Waals surface area contributed by atoms with Crippen molar-refractivity contribution in [2.24, 2.45) is 0 Å². The molecule has 0 aliphatic rings. The van der Waals surface area contributed by atoms with Crippen molar-refractivity contribution in [2.75, 3.05) is 0 Å². The summed E-state index contributed by atoms with van der Waals surface area (Å²) in [5.41, 5.74) is 0.979. The first-order chi connectivity index (χ1) is 9.67. The fraction of sp³-hybridized carbons (Fsp3) is 0. The van der Waals surface area contributed by atoms with Crippen LogP contribution < -0.4 is 0 Å². The van der Waals surface area contributed by atoms with Gasteiger partial charge >= 0.3 is 0 Å². The van der Waals surface area contributed by atoms with Gasteiger partial charge in [0.15, 0.2) is 0 Å². The maximum absolute atomic E-state index is 13.4. The van der Waals surface area contributed by atoms with Crippen molar-refractivity contribution in [3.8, 4) is 28.2 Å². The quantitative estimate of drug-likeness (QED) is 0.694. The Bertz CT molecular complexity index is 801. The number of hydrogen-bond acceptors (Lipinski definition) is 5. The molecule has 0 amide bonds. The number of hydrogen-bond donors (Lipinski definition) is 0. The first kappa shape index (κ1) is 13.0. The van der Waals surface area contributed by atoms with Gasteiger partial charge in [0.1, 0.15) is 16.8 Å². The van der Waals surface area contributed by atoms with Crippen molar-refractivity contribution in [3.63, 3.8) is 0 Å². The van der Waals surface area contributed by atoms with Gasteiger partial charge in [0.05, 0.1) is 5.56 Å².